The third-order valence-electron chi connectivity index (χ3n) is 2.88. The van der Waals surface area contributed by atoms with Gasteiger partial charge in [0.1, 0.15) is 11.5 Å². The number of rotatable bonds is 5. The van der Waals surface area contributed by atoms with Crippen LogP contribution in [0.3, 0.4) is 0 Å². The summed E-state index contributed by atoms with van der Waals surface area (Å²) < 4.78 is 0. The number of nitro groups is 1. The molecular formula is C12H14N6O3. The van der Waals surface area contributed by atoms with Crippen LogP contribution in [-0.4, -0.2) is 32.7 Å². The monoisotopic (exact) mass is 290 g/mol. The fourth-order valence-electron chi connectivity index (χ4n) is 1.85. The fraction of sp³-hybridized carbons (Fsp3) is 0.167. The zero-order chi connectivity index (χ0) is 15.4. The first kappa shape index (κ1) is 14.5. The van der Waals surface area contributed by atoms with Crippen molar-refractivity contribution in [2.45, 2.75) is 6.54 Å². The highest BCUT2D eigenvalue weighted by Crippen LogP contribution is 2.25. The molecule has 21 heavy (non-hydrogen) atoms. The molecule has 0 aliphatic heterocycles. The molecular weight excluding hydrogens is 276 g/mol. The minimum atomic E-state index is -0.573. The number of carbonyl (C=O) groups excluding carboxylic acids is 1. The SMILES string of the molecule is CN(Cc1ncc[nH]1)C(=O)c1ccc([N+](=O)[O-])c(NN)c1. The van der Waals surface area contributed by atoms with E-state index in [1.165, 1.54) is 23.1 Å². The van der Waals surface area contributed by atoms with E-state index in [1.807, 2.05) is 0 Å². The van der Waals surface area contributed by atoms with E-state index in [1.54, 1.807) is 19.4 Å². The lowest BCUT2D eigenvalue weighted by atomic mass is 10.1. The summed E-state index contributed by atoms with van der Waals surface area (Å²) >= 11 is 0. The van der Waals surface area contributed by atoms with Crippen molar-refractivity contribution in [2.75, 3.05) is 12.5 Å². The third-order valence-corrected chi connectivity index (χ3v) is 2.88. The summed E-state index contributed by atoms with van der Waals surface area (Å²) in [5.74, 6) is 5.60. The van der Waals surface area contributed by atoms with Crippen molar-refractivity contribution >= 4 is 17.3 Å². The Morgan fingerprint density at radius 3 is 2.90 bits per heavy atom. The van der Waals surface area contributed by atoms with E-state index in [9.17, 15) is 14.9 Å². The van der Waals surface area contributed by atoms with E-state index in [2.05, 4.69) is 15.4 Å². The Labute approximate surface area is 119 Å². The van der Waals surface area contributed by atoms with Crippen molar-refractivity contribution in [1.82, 2.24) is 14.9 Å². The first-order chi connectivity index (χ1) is 10.0. The summed E-state index contributed by atoms with van der Waals surface area (Å²) in [4.78, 5) is 30.9. The largest absolute Gasteiger partial charge is 0.347 e. The van der Waals surface area contributed by atoms with Gasteiger partial charge in [-0.25, -0.2) is 4.98 Å². The van der Waals surface area contributed by atoms with Gasteiger partial charge in [0, 0.05) is 31.1 Å². The van der Waals surface area contributed by atoms with Gasteiger partial charge >= 0.3 is 0 Å². The van der Waals surface area contributed by atoms with Crippen molar-refractivity contribution in [2.24, 2.45) is 5.84 Å². The highest BCUT2D eigenvalue weighted by Gasteiger charge is 2.18. The van der Waals surface area contributed by atoms with Gasteiger partial charge in [-0.2, -0.15) is 0 Å². The molecule has 0 aliphatic rings. The highest BCUT2D eigenvalue weighted by atomic mass is 16.6. The highest BCUT2D eigenvalue weighted by molar-refractivity contribution is 5.95. The Bertz CT molecular complexity index is 655. The van der Waals surface area contributed by atoms with Gasteiger partial charge in [0.05, 0.1) is 11.5 Å². The molecule has 0 saturated heterocycles. The molecule has 0 atom stereocenters. The van der Waals surface area contributed by atoms with Crippen molar-refractivity contribution in [3.63, 3.8) is 0 Å². The second-order valence-electron chi connectivity index (χ2n) is 4.33. The van der Waals surface area contributed by atoms with Crippen LogP contribution >= 0.6 is 0 Å². The average molecular weight is 290 g/mol. The lowest BCUT2D eigenvalue weighted by Crippen LogP contribution is -2.27. The van der Waals surface area contributed by atoms with Crippen LogP contribution in [-0.2, 0) is 6.54 Å². The summed E-state index contributed by atoms with van der Waals surface area (Å²) in [7, 11) is 1.61. The van der Waals surface area contributed by atoms with E-state index in [-0.39, 0.29) is 17.3 Å². The van der Waals surface area contributed by atoms with Crippen LogP contribution < -0.4 is 11.3 Å². The number of nitro benzene ring substituents is 1. The van der Waals surface area contributed by atoms with Gasteiger partial charge in [-0.05, 0) is 12.1 Å². The molecule has 0 unspecified atom stereocenters. The predicted molar refractivity (Wildman–Crippen MR) is 75.3 cm³/mol. The smallest absolute Gasteiger partial charge is 0.293 e. The zero-order valence-electron chi connectivity index (χ0n) is 11.2. The number of hydrogen-bond acceptors (Lipinski definition) is 6. The molecule has 1 aromatic heterocycles. The number of amides is 1. The number of anilines is 1. The van der Waals surface area contributed by atoms with E-state index in [4.69, 9.17) is 5.84 Å². The lowest BCUT2D eigenvalue weighted by Gasteiger charge is -2.16. The van der Waals surface area contributed by atoms with Crippen molar-refractivity contribution in [1.29, 1.82) is 0 Å². The van der Waals surface area contributed by atoms with Crippen LogP contribution in [0.15, 0.2) is 30.6 Å². The van der Waals surface area contributed by atoms with Gasteiger partial charge in [0.2, 0.25) is 0 Å². The molecule has 0 aliphatic carbocycles. The topological polar surface area (TPSA) is 130 Å². The second-order valence-corrected chi connectivity index (χ2v) is 4.33. The van der Waals surface area contributed by atoms with Gasteiger partial charge in [-0.15, -0.1) is 0 Å². The Kier molecular flexibility index (Phi) is 4.14. The predicted octanol–water partition coefficient (Wildman–Crippen LogP) is 0.876. The molecule has 0 bridgehead atoms. The van der Waals surface area contributed by atoms with Gasteiger partial charge in [-0.1, -0.05) is 0 Å². The van der Waals surface area contributed by atoms with Gasteiger partial charge in [0.15, 0.2) is 0 Å². The molecule has 1 heterocycles. The zero-order valence-corrected chi connectivity index (χ0v) is 11.2. The summed E-state index contributed by atoms with van der Waals surface area (Å²) in [5, 5.41) is 10.8. The number of nitrogens with zero attached hydrogens (tertiary/aromatic N) is 3. The maximum absolute atomic E-state index is 12.3. The number of aromatic amines is 1. The molecule has 1 amide bonds. The Hall–Kier alpha value is -2.94. The molecule has 1 aromatic carbocycles. The number of hydrogen-bond donors (Lipinski definition) is 3. The van der Waals surface area contributed by atoms with Gasteiger partial charge < -0.3 is 15.3 Å². The molecule has 0 spiro atoms. The number of nitrogen functional groups attached to an aromatic ring is 1. The summed E-state index contributed by atoms with van der Waals surface area (Å²) in [5.41, 5.74) is 2.41. The second kappa shape index (κ2) is 6.01. The molecule has 9 heteroatoms. The number of carbonyl (C=O) groups is 1. The average Bonchev–Trinajstić information content (AvgIpc) is 2.98. The Morgan fingerprint density at radius 2 is 2.33 bits per heavy atom. The molecule has 110 valence electrons. The molecule has 0 fully saturated rings. The molecule has 9 nitrogen and oxygen atoms in total. The number of benzene rings is 1. The van der Waals surface area contributed by atoms with Crippen LogP contribution in [0.4, 0.5) is 11.4 Å². The van der Waals surface area contributed by atoms with E-state index >= 15 is 0 Å². The standard InChI is InChI=1S/C12H14N6O3/c1-17(7-11-14-4-5-15-11)12(19)8-2-3-10(18(20)21)9(6-8)16-13/h2-6,16H,7,13H2,1H3,(H,14,15). The number of nitrogens with one attached hydrogen (secondary N) is 2. The van der Waals surface area contributed by atoms with Crippen LogP contribution in [0.2, 0.25) is 0 Å². The number of nitrogens with two attached hydrogens (primary N) is 1. The summed E-state index contributed by atoms with van der Waals surface area (Å²) in [6, 6.07) is 3.97. The third kappa shape index (κ3) is 3.15. The molecule has 2 aromatic rings. The van der Waals surface area contributed by atoms with Gasteiger partial charge in [-0.3, -0.25) is 20.8 Å². The molecule has 2 rings (SSSR count). The molecule has 4 N–H and O–H groups in total. The minimum absolute atomic E-state index is 0.0808. The Morgan fingerprint density at radius 1 is 1.57 bits per heavy atom. The van der Waals surface area contributed by atoms with Crippen LogP contribution in [0.1, 0.15) is 16.2 Å². The number of hydrazine groups is 1. The van der Waals surface area contributed by atoms with E-state index in [0.29, 0.717) is 17.9 Å². The normalized spacial score (nSPS) is 10.2. The summed E-state index contributed by atoms with van der Waals surface area (Å²) in [6.07, 6.45) is 3.26. The molecule has 0 radical (unpaired) electrons. The van der Waals surface area contributed by atoms with E-state index < -0.39 is 4.92 Å². The lowest BCUT2D eigenvalue weighted by molar-refractivity contribution is -0.384. The summed E-state index contributed by atoms with van der Waals surface area (Å²) in [6.45, 7) is 0.300. The Balaban J connectivity index is 2.20. The maximum Gasteiger partial charge on any atom is 0.293 e. The fourth-order valence-corrected chi connectivity index (χ4v) is 1.85. The van der Waals surface area contributed by atoms with Crippen LogP contribution in [0.5, 0.6) is 0 Å². The first-order valence-corrected chi connectivity index (χ1v) is 6.01. The van der Waals surface area contributed by atoms with Crippen molar-refractivity contribution in [3.8, 4) is 0 Å². The first-order valence-electron chi connectivity index (χ1n) is 6.01. The van der Waals surface area contributed by atoms with Crippen LogP contribution in [0.25, 0.3) is 0 Å². The quantitative estimate of drug-likeness (QED) is 0.425. The number of H-pyrrole nitrogens is 1. The molecule has 0 saturated carbocycles. The number of aromatic nitrogens is 2. The van der Waals surface area contributed by atoms with Crippen molar-refractivity contribution in [3.05, 3.63) is 52.1 Å². The number of imidazole rings is 1. The van der Waals surface area contributed by atoms with Crippen molar-refractivity contribution < 1.29 is 9.72 Å². The van der Waals surface area contributed by atoms with Gasteiger partial charge in [0.25, 0.3) is 11.6 Å². The van der Waals surface area contributed by atoms with Crippen LogP contribution in [0, 0.1) is 10.1 Å². The van der Waals surface area contributed by atoms with E-state index in [0.717, 1.165) is 0 Å². The minimum Gasteiger partial charge on any atom is -0.347 e. The maximum atomic E-state index is 12.3.